The van der Waals surface area contributed by atoms with E-state index in [1.165, 1.54) is 13.2 Å². The van der Waals surface area contributed by atoms with Gasteiger partial charge in [-0.3, -0.25) is 9.48 Å². The van der Waals surface area contributed by atoms with Crippen LogP contribution in [0.1, 0.15) is 25.1 Å². The van der Waals surface area contributed by atoms with Gasteiger partial charge in [-0.25, -0.2) is 8.42 Å². The topological polar surface area (TPSA) is 90.3 Å². The van der Waals surface area contributed by atoms with Gasteiger partial charge in [0.25, 0.3) is 9.84 Å². The van der Waals surface area contributed by atoms with Crippen molar-refractivity contribution in [2.45, 2.75) is 37.7 Å². The molecule has 0 atom stereocenters. The lowest BCUT2D eigenvalue weighted by Crippen LogP contribution is -2.23. The maximum Gasteiger partial charge on any atom is 0.501 e. The molecule has 7 nitrogen and oxygen atoms in total. The van der Waals surface area contributed by atoms with Crippen LogP contribution in [0.3, 0.4) is 0 Å². The maximum atomic E-state index is 12.8. The highest BCUT2D eigenvalue weighted by Crippen LogP contribution is 2.34. The predicted octanol–water partition coefficient (Wildman–Crippen LogP) is 4.45. The molecule has 0 fully saturated rings. The normalized spacial score (nSPS) is 12.5. The predicted molar refractivity (Wildman–Crippen MR) is 111 cm³/mol. The van der Waals surface area contributed by atoms with Gasteiger partial charge in [0.1, 0.15) is 10.9 Å². The lowest BCUT2D eigenvalue weighted by Gasteiger charge is -2.13. The van der Waals surface area contributed by atoms with Crippen LogP contribution >= 0.6 is 11.6 Å². The van der Waals surface area contributed by atoms with Crippen molar-refractivity contribution in [3.05, 3.63) is 40.7 Å². The molecule has 2 rings (SSSR count). The molecule has 0 spiro atoms. The Hall–Kier alpha value is -2.53. The number of hydrogen-bond acceptors (Lipinski definition) is 5. The molecule has 1 heterocycles. The van der Waals surface area contributed by atoms with E-state index in [-0.39, 0.29) is 11.4 Å². The van der Waals surface area contributed by atoms with Gasteiger partial charge in [0, 0.05) is 18.2 Å². The number of benzene rings is 1. The number of amides is 1. The molecule has 0 bridgehead atoms. The standard InChI is InChI=1S/C19H21ClF3N3O4S/c1-11(2)10-26-18(20)14(12(3)25-26)6-8-17(27)24-15-9-13(5-7-16(15)30-4)31(28,29)19(21,22)23/h5-9,11H,10H2,1-4H3,(H,24,27). The van der Waals surface area contributed by atoms with Crippen LogP contribution in [0.15, 0.2) is 29.2 Å². The summed E-state index contributed by atoms with van der Waals surface area (Å²) in [6, 6.07) is 2.46. The Morgan fingerprint density at radius 1 is 1.35 bits per heavy atom. The molecule has 1 aromatic carbocycles. The minimum Gasteiger partial charge on any atom is -0.495 e. The Morgan fingerprint density at radius 2 is 2.00 bits per heavy atom. The van der Waals surface area contributed by atoms with E-state index in [4.69, 9.17) is 16.3 Å². The van der Waals surface area contributed by atoms with Crippen molar-refractivity contribution in [1.82, 2.24) is 9.78 Å². The van der Waals surface area contributed by atoms with Gasteiger partial charge in [-0.05, 0) is 37.1 Å². The van der Waals surface area contributed by atoms with Crippen molar-refractivity contribution >= 4 is 39.1 Å². The first kappa shape index (κ1) is 24.7. The van der Waals surface area contributed by atoms with Crippen molar-refractivity contribution < 1.29 is 31.1 Å². The lowest BCUT2D eigenvalue weighted by atomic mass is 10.2. The Balaban J connectivity index is 2.30. The summed E-state index contributed by atoms with van der Waals surface area (Å²) in [5.41, 5.74) is -4.61. The first-order valence-corrected chi connectivity index (χ1v) is 10.9. The molecule has 31 heavy (non-hydrogen) atoms. The van der Waals surface area contributed by atoms with E-state index < -0.39 is 26.1 Å². The number of ether oxygens (including phenoxy) is 1. The highest BCUT2D eigenvalue weighted by molar-refractivity contribution is 7.92. The number of carbonyl (C=O) groups excluding carboxylic acids is 1. The Bertz CT molecular complexity index is 1110. The quantitative estimate of drug-likeness (QED) is 0.592. The minimum atomic E-state index is -5.59. The molecule has 1 amide bonds. The fourth-order valence-electron chi connectivity index (χ4n) is 2.64. The van der Waals surface area contributed by atoms with E-state index >= 15 is 0 Å². The van der Waals surface area contributed by atoms with E-state index in [0.29, 0.717) is 34.9 Å². The van der Waals surface area contributed by atoms with E-state index in [9.17, 15) is 26.4 Å². The van der Waals surface area contributed by atoms with E-state index in [1.807, 2.05) is 13.8 Å². The Kier molecular flexibility index (Phi) is 7.43. The molecule has 0 saturated heterocycles. The zero-order chi connectivity index (χ0) is 23.6. The van der Waals surface area contributed by atoms with Gasteiger partial charge < -0.3 is 10.1 Å². The van der Waals surface area contributed by atoms with Gasteiger partial charge in [-0.15, -0.1) is 0 Å². The summed E-state index contributed by atoms with van der Waals surface area (Å²) in [6.07, 6.45) is 2.53. The highest BCUT2D eigenvalue weighted by Gasteiger charge is 2.47. The monoisotopic (exact) mass is 479 g/mol. The number of nitrogens with zero attached hydrogens (tertiary/aromatic N) is 2. The fraction of sp³-hybridized carbons (Fsp3) is 0.368. The summed E-state index contributed by atoms with van der Waals surface area (Å²) < 4.78 is 68.3. The number of halogens is 4. The summed E-state index contributed by atoms with van der Waals surface area (Å²) in [4.78, 5) is 11.3. The Morgan fingerprint density at radius 3 is 2.55 bits per heavy atom. The molecule has 1 N–H and O–H groups in total. The summed E-state index contributed by atoms with van der Waals surface area (Å²) in [5, 5.41) is 6.97. The molecule has 1 aromatic heterocycles. The molecule has 170 valence electrons. The third-order valence-corrected chi connectivity index (χ3v) is 5.98. The van der Waals surface area contributed by atoms with Crippen molar-refractivity contribution in [3.8, 4) is 5.75 Å². The molecule has 0 radical (unpaired) electrons. The molecule has 2 aromatic rings. The first-order valence-electron chi connectivity index (χ1n) is 8.99. The SMILES string of the molecule is COc1ccc(S(=O)(=O)C(F)(F)F)cc1NC(=O)C=Cc1c(C)nn(CC(C)C)c1Cl. The van der Waals surface area contributed by atoms with Gasteiger partial charge in [0.05, 0.1) is 23.4 Å². The van der Waals surface area contributed by atoms with Crippen molar-refractivity contribution in [2.24, 2.45) is 5.92 Å². The average molecular weight is 480 g/mol. The van der Waals surface area contributed by atoms with Gasteiger partial charge in [-0.1, -0.05) is 25.4 Å². The Labute approximate surface area is 182 Å². The molecule has 12 heteroatoms. The number of nitrogens with one attached hydrogen (secondary N) is 1. The van der Waals surface area contributed by atoms with E-state index in [1.54, 1.807) is 11.6 Å². The van der Waals surface area contributed by atoms with Gasteiger partial charge in [0.15, 0.2) is 0 Å². The lowest BCUT2D eigenvalue weighted by molar-refractivity contribution is -0.111. The smallest absolute Gasteiger partial charge is 0.495 e. The molecule has 0 saturated carbocycles. The van der Waals surface area contributed by atoms with Gasteiger partial charge in [0.2, 0.25) is 5.91 Å². The minimum absolute atomic E-state index is 0.0122. The molecule has 0 aliphatic carbocycles. The fourth-order valence-corrected chi connectivity index (χ4v) is 3.74. The number of carbonyl (C=O) groups is 1. The van der Waals surface area contributed by atoms with Crippen LogP contribution in [0.4, 0.5) is 18.9 Å². The van der Waals surface area contributed by atoms with E-state index in [2.05, 4.69) is 10.4 Å². The second-order valence-electron chi connectivity index (χ2n) is 7.00. The average Bonchev–Trinajstić information content (AvgIpc) is 2.91. The van der Waals surface area contributed by atoms with Crippen LogP contribution in [0.5, 0.6) is 5.75 Å². The number of methoxy groups -OCH3 is 1. The summed E-state index contributed by atoms with van der Waals surface area (Å²) in [7, 11) is -4.36. The van der Waals surface area contributed by atoms with Crippen LogP contribution in [0.2, 0.25) is 5.15 Å². The van der Waals surface area contributed by atoms with Crippen LogP contribution in [-0.4, -0.2) is 36.7 Å². The molecule has 0 unspecified atom stereocenters. The summed E-state index contributed by atoms with van der Waals surface area (Å²) >= 11 is 6.30. The number of anilines is 1. The van der Waals surface area contributed by atoms with Crippen LogP contribution < -0.4 is 10.1 Å². The van der Waals surface area contributed by atoms with Crippen LogP contribution in [-0.2, 0) is 21.2 Å². The molecule has 0 aliphatic rings. The summed E-state index contributed by atoms with van der Waals surface area (Å²) in [6.45, 7) is 6.29. The largest absolute Gasteiger partial charge is 0.501 e. The molecular formula is C19H21ClF3N3O4S. The third-order valence-electron chi connectivity index (χ3n) is 4.09. The number of hydrogen-bond donors (Lipinski definition) is 1. The molecule has 0 aliphatic heterocycles. The van der Waals surface area contributed by atoms with Crippen LogP contribution in [0.25, 0.3) is 6.08 Å². The van der Waals surface area contributed by atoms with Crippen LogP contribution in [0, 0.1) is 12.8 Å². The third kappa shape index (κ3) is 5.59. The zero-order valence-corrected chi connectivity index (χ0v) is 18.7. The highest BCUT2D eigenvalue weighted by atomic mass is 35.5. The van der Waals surface area contributed by atoms with Gasteiger partial charge in [-0.2, -0.15) is 18.3 Å². The number of alkyl halides is 3. The second-order valence-corrected chi connectivity index (χ2v) is 9.30. The van der Waals surface area contributed by atoms with Crippen molar-refractivity contribution in [1.29, 1.82) is 0 Å². The second kappa shape index (κ2) is 9.31. The maximum absolute atomic E-state index is 12.8. The number of rotatable bonds is 7. The van der Waals surface area contributed by atoms with Gasteiger partial charge >= 0.3 is 5.51 Å². The number of aromatic nitrogens is 2. The number of aryl methyl sites for hydroxylation is 1. The molecular weight excluding hydrogens is 459 g/mol. The van der Waals surface area contributed by atoms with Crippen molar-refractivity contribution in [3.63, 3.8) is 0 Å². The zero-order valence-electron chi connectivity index (χ0n) is 17.1. The number of sulfone groups is 1. The van der Waals surface area contributed by atoms with Crippen molar-refractivity contribution in [2.75, 3.05) is 12.4 Å². The van der Waals surface area contributed by atoms with E-state index in [0.717, 1.165) is 18.2 Å². The first-order chi connectivity index (χ1) is 14.3. The summed E-state index contributed by atoms with van der Waals surface area (Å²) in [5.74, 6) is -0.446.